The number of hydrogen-bond acceptors (Lipinski definition) is 0. The Morgan fingerprint density at radius 3 is 2.14 bits per heavy atom. The van der Waals surface area contributed by atoms with E-state index in [4.69, 9.17) is 0 Å². The van der Waals surface area contributed by atoms with E-state index in [0.717, 1.165) is 93.7 Å². The normalized spacial score (nSPS) is 55.9. The summed E-state index contributed by atoms with van der Waals surface area (Å²) in [6.45, 7) is 10.6. The molecule has 2 bridgehead atoms. The fourth-order valence-electron chi connectivity index (χ4n) is 16.2. The molecule has 14 atom stereocenters. The Morgan fingerprint density at radius 2 is 1.36 bits per heavy atom. The van der Waals surface area contributed by atoms with Crippen LogP contribution in [0, 0.1) is 93.7 Å². The zero-order chi connectivity index (χ0) is 28.6. The molecule has 0 radical (unpaired) electrons. The van der Waals surface area contributed by atoms with Crippen molar-refractivity contribution in [3.8, 4) is 0 Å². The Balaban J connectivity index is 0.846. The molecular weight excluding hydrogens is 504 g/mol. The maximum Gasteiger partial charge on any atom is -0.0258 e. The molecule has 0 saturated heterocycles. The van der Waals surface area contributed by atoms with Gasteiger partial charge in [0.05, 0.1) is 0 Å². The average Bonchev–Trinajstić information content (AvgIpc) is 3.68. The van der Waals surface area contributed by atoms with Crippen molar-refractivity contribution in [1.29, 1.82) is 0 Å². The molecule has 0 aliphatic heterocycles. The molecule has 0 aromatic heterocycles. The van der Waals surface area contributed by atoms with E-state index in [0.29, 0.717) is 0 Å². The van der Waals surface area contributed by atoms with Crippen LogP contribution in [0.25, 0.3) is 0 Å². The van der Waals surface area contributed by atoms with Crippen LogP contribution in [0.4, 0.5) is 0 Å². The first kappa shape index (κ1) is 29.4. The Bertz CT molecular complexity index is 942. The predicted molar refractivity (Wildman–Crippen MR) is 178 cm³/mol. The highest BCUT2D eigenvalue weighted by molar-refractivity contribution is 5.18. The minimum atomic E-state index is 0.729. The van der Waals surface area contributed by atoms with Crippen LogP contribution in [0.2, 0.25) is 0 Å². The Kier molecular flexibility index (Phi) is 7.95. The van der Waals surface area contributed by atoms with Gasteiger partial charge in [-0.15, -0.1) is 0 Å². The van der Waals surface area contributed by atoms with Gasteiger partial charge in [-0.3, -0.25) is 0 Å². The average molecular weight is 575 g/mol. The summed E-state index contributed by atoms with van der Waals surface area (Å²) in [7, 11) is 0. The fourth-order valence-corrected chi connectivity index (χ4v) is 16.2. The van der Waals surface area contributed by atoms with Crippen LogP contribution in [0.3, 0.4) is 0 Å². The molecule has 42 heavy (non-hydrogen) atoms. The lowest BCUT2D eigenvalue weighted by Gasteiger charge is -2.46. The zero-order valence-corrected chi connectivity index (χ0v) is 28.6. The van der Waals surface area contributed by atoms with Crippen LogP contribution in [0.5, 0.6) is 0 Å². The first-order chi connectivity index (χ1) is 20.3. The van der Waals surface area contributed by atoms with Crippen molar-refractivity contribution in [2.75, 3.05) is 0 Å². The topological polar surface area (TPSA) is 0 Å². The molecular formula is C42H70. The smallest absolute Gasteiger partial charge is 0.0258 e. The molecule has 0 nitrogen and oxygen atoms in total. The lowest BCUT2D eigenvalue weighted by Crippen LogP contribution is -2.36. The third kappa shape index (κ3) is 4.94. The van der Waals surface area contributed by atoms with Crippen LogP contribution in [0.1, 0.15) is 169 Å². The fraction of sp³-hybridized carbons (Fsp3) is 1.00. The summed E-state index contributed by atoms with van der Waals surface area (Å²) >= 11 is 0. The van der Waals surface area contributed by atoms with Gasteiger partial charge in [-0.1, -0.05) is 66.2 Å². The van der Waals surface area contributed by atoms with Crippen molar-refractivity contribution >= 4 is 0 Å². The van der Waals surface area contributed by atoms with E-state index in [1.54, 1.807) is 128 Å². The van der Waals surface area contributed by atoms with Gasteiger partial charge in [0.2, 0.25) is 0 Å². The highest BCUT2D eigenvalue weighted by atomic mass is 14.7. The second-order valence-corrected chi connectivity index (χ2v) is 19.7. The highest BCUT2D eigenvalue weighted by Gasteiger charge is 2.69. The number of rotatable bonds is 7. The molecule has 0 amide bonds. The summed E-state index contributed by atoms with van der Waals surface area (Å²) < 4.78 is 0. The largest absolute Gasteiger partial charge is 0.0654 e. The van der Waals surface area contributed by atoms with E-state index in [9.17, 15) is 0 Å². The molecule has 8 saturated carbocycles. The SMILES string of the molecule is CCCC(C1CCC(C2CCC3CCCCC32)CC1)C1CCC(CC2CCC3C4CC5(C)CC4C(C)(C5)C3C2)C(C)C1. The van der Waals surface area contributed by atoms with Crippen molar-refractivity contribution in [3.05, 3.63) is 0 Å². The minimum absolute atomic E-state index is 0.729. The standard InChI is InChI=1S/C42H70/c1-5-8-34(30-12-14-31(15-13-30)36-20-18-29-9-6-7-10-35(29)36)33-17-16-32(27(2)21-33)22-28-11-19-37-38-24-41(3)25-40(38)42(4,26-41)39(37)23-28/h27-40H,5-26H2,1-4H3. The zero-order valence-electron chi connectivity index (χ0n) is 28.6. The van der Waals surface area contributed by atoms with Crippen molar-refractivity contribution in [1.82, 2.24) is 0 Å². The summed E-state index contributed by atoms with van der Waals surface area (Å²) in [4.78, 5) is 0. The molecule has 8 aliphatic carbocycles. The molecule has 0 aromatic carbocycles. The number of hydrogen-bond donors (Lipinski definition) is 0. The Morgan fingerprint density at radius 1 is 0.643 bits per heavy atom. The lowest BCUT2D eigenvalue weighted by molar-refractivity contribution is 0.0460. The van der Waals surface area contributed by atoms with Crippen LogP contribution in [0.15, 0.2) is 0 Å². The van der Waals surface area contributed by atoms with Crippen molar-refractivity contribution in [3.63, 3.8) is 0 Å². The second kappa shape index (κ2) is 11.4. The van der Waals surface area contributed by atoms with E-state index >= 15 is 0 Å². The van der Waals surface area contributed by atoms with Crippen LogP contribution in [-0.2, 0) is 0 Å². The van der Waals surface area contributed by atoms with Gasteiger partial charge in [-0.05, 0) is 196 Å². The summed E-state index contributed by atoms with van der Waals surface area (Å²) in [6.07, 6.45) is 34.8. The summed E-state index contributed by atoms with van der Waals surface area (Å²) in [5.41, 5.74) is 1.46. The lowest BCUT2D eigenvalue weighted by atomic mass is 9.60. The highest BCUT2D eigenvalue weighted by Crippen LogP contribution is 2.77. The monoisotopic (exact) mass is 575 g/mol. The number of fused-ring (bicyclic) bond motifs is 5. The van der Waals surface area contributed by atoms with Gasteiger partial charge in [0.15, 0.2) is 0 Å². The molecule has 0 spiro atoms. The molecule has 8 fully saturated rings. The third-order valence-electron chi connectivity index (χ3n) is 17.7. The van der Waals surface area contributed by atoms with E-state index in [1.807, 2.05) is 0 Å². The quantitative estimate of drug-likeness (QED) is 0.284. The molecule has 0 aromatic rings. The van der Waals surface area contributed by atoms with Crippen molar-refractivity contribution in [2.45, 2.75) is 169 Å². The van der Waals surface area contributed by atoms with Gasteiger partial charge in [0.1, 0.15) is 0 Å². The first-order valence-corrected chi connectivity index (χ1v) is 20.3. The van der Waals surface area contributed by atoms with E-state index < -0.39 is 0 Å². The molecule has 0 heterocycles. The third-order valence-corrected chi connectivity index (χ3v) is 17.7. The van der Waals surface area contributed by atoms with Gasteiger partial charge in [-0.25, -0.2) is 0 Å². The van der Waals surface area contributed by atoms with E-state index in [1.165, 1.54) is 12.8 Å². The Hall–Kier alpha value is 0. The van der Waals surface area contributed by atoms with Crippen molar-refractivity contribution in [2.24, 2.45) is 93.7 Å². The van der Waals surface area contributed by atoms with Crippen LogP contribution < -0.4 is 0 Å². The van der Waals surface area contributed by atoms with Crippen LogP contribution in [-0.4, -0.2) is 0 Å². The minimum Gasteiger partial charge on any atom is -0.0654 e. The second-order valence-electron chi connectivity index (χ2n) is 19.7. The van der Waals surface area contributed by atoms with Gasteiger partial charge in [0, 0.05) is 0 Å². The summed E-state index contributed by atoms with van der Waals surface area (Å²) in [6, 6.07) is 0. The van der Waals surface area contributed by atoms with Gasteiger partial charge in [0.25, 0.3) is 0 Å². The van der Waals surface area contributed by atoms with Gasteiger partial charge in [-0.2, -0.15) is 0 Å². The maximum atomic E-state index is 2.78. The molecule has 238 valence electrons. The maximum absolute atomic E-state index is 2.78. The molecule has 8 rings (SSSR count). The van der Waals surface area contributed by atoms with E-state index in [2.05, 4.69) is 27.7 Å². The molecule has 0 N–H and O–H groups in total. The van der Waals surface area contributed by atoms with Crippen LogP contribution >= 0.6 is 0 Å². The Labute approximate surface area is 262 Å². The van der Waals surface area contributed by atoms with Gasteiger partial charge < -0.3 is 0 Å². The molecule has 8 aliphatic rings. The summed E-state index contributed by atoms with van der Waals surface area (Å²) in [5, 5.41) is 0. The van der Waals surface area contributed by atoms with Gasteiger partial charge >= 0.3 is 0 Å². The molecule has 14 unspecified atom stereocenters. The predicted octanol–water partition coefficient (Wildman–Crippen LogP) is 12.4. The van der Waals surface area contributed by atoms with E-state index in [-0.39, 0.29) is 0 Å². The summed E-state index contributed by atoms with van der Waals surface area (Å²) in [5.74, 6) is 15.3. The first-order valence-electron chi connectivity index (χ1n) is 20.3. The molecule has 0 heteroatoms. The van der Waals surface area contributed by atoms with Crippen molar-refractivity contribution < 1.29 is 0 Å².